The lowest BCUT2D eigenvalue weighted by Gasteiger charge is -2.24. The molecular weight excluding hydrogens is 310 g/mol. The minimum absolute atomic E-state index is 0.0205. The first kappa shape index (κ1) is 17.5. The summed E-state index contributed by atoms with van der Waals surface area (Å²) in [7, 11) is 0. The Morgan fingerprint density at radius 1 is 1.20 bits per heavy atom. The van der Waals surface area contributed by atoms with E-state index >= 15 is 0 Å². The van der Waals surface area contributed by atoms with Crippen molar-refractivity contribution in [2.75, 3.05) is 18.0 Å². The number of nitrogens with zero attached hydrogens (tertiary/aromatic N) is 2. The van der Waals surface area contributed by atoms with Gasteiger partial charge in [0.05, 0.1) is 5.92 Å². The predicted molar refractivity (Wildman–Crippen MR) is 102 cm³/mol. The summed E-state index contributed by atoms with van der Waals surface area (Å²) < 4.78 is 0. The smallest absolute Gasteiger partial charge is 0.227 e. The number of pyridine rings is 1. The first-order valence-electron chi connectivity index (χ1n) is 9.28. The summed E-state index contributed by atoms with van der Waals surface area (Å²) in [5, 5.41) is 3.09. The minimum atomic E-state index is -0.0205. The summed E-state index contributed by atoms with van der Waals surface area (Å²) in [6.07, 6.45) is 4.96. The molecule has 0 spiro atoms. The largest absolute Gasteiger partial charge is 0.357 e. The molecule has 4 nitrogen and oxygen atoms in total. The van der Waals surface area contributed by atoms with E-state index in [4.69, 9.17) is 0 Å². The van der Waals surface area contributed by atoms with Gasteiger partial charge < -0.3 is 10.2 Å². The highest BCUT2D eigenvalue weighted by Crippen LogP contribution is 2.31. The van der Waals surface area contributed by atoms with Crippen LogP contribution in [0.15, 0.2) is 42.6 Å². The Bertz CT molecular complexity index is 707. The summed E-state index contributed by atoms with van der Waals surface area (Å²) in [6, 6.07) is 12.4. The van der Waals surface area contributed by atoms with E-state index < -0.39 is 0 Å². The van der Waals surface area contributed by atoms with Crippen LogP contribution in [0.1, 0.15) is 49.3 Å². The molecule has 1 N–H and O–H groups in total. The molecule has 1 aliphatic rings. The maximum Gasteiger partial charge on any atom is 0.227 e. The van der Waals surface area contributed by atoms with Crippen LogP contribution in [-0.4, -0.2) is 24.0 Å². The third-order valence-corrected chi connectivity index (χ3v) is 5.05. The molecule has 0 bridgehead atoms. The fourth-order valence-corrected chi connectivity index (χ4v) is 3.59. The van der Waals surface area contributed by atoms with Crippen LogP contribution in [0, 0.1) is 0 Å². The lowest BCUT2D eigenvalue weighted by atomic mass is 9.82. The van der Waals surface area contributed by atoms with Gasteiger partial charge in [-0.3, -0.25) is 4.79 Å². The van der Waals surface area contributed by atoms with E-state index in [1.54, 1.807) is 0 Å². The monoisotopic (exact) mass is 337 g/mol. The molecule has 1 aromatic heterocycles. The maximum absolute atomic E-state index is 12.7. The van der Waals surface area contributed by atoms with Gasteiger partial charge in [0.15, 0.2) is 0 Å². The molecule has 0 aliphatic heterocycles. The molecule has 0 fully saturated rings. The SMILES string of the molecule is CCN(CC)c1ccc(CNC(=O)[C@H]2CCCc3ccccc32)cn1. The number of hydrogen-bond acceptors (Lipinski definition) is 3. The second kappa shape index (κ2) is 8.15. The van der Waals surface area contributed by atoms with Crippen molar-refractivity contribution in [3.63, 3.8) is 0 Å². The molecule has 1 heterocycles. The molecule has 3 rings (SSSR count). The quantitative estimate of drug-likeness (QED) is 0.875. The molecular formula is C21H27N3O. The summed E-state index contributed by atoms with van der Waals surface area (Å²) in [4.78, 5) is 19.4. The van der Waals surface area contributed by atoms with Gasteiger partial charge in [0.1, 0.15) is 5.82 Å². The Balaban J connectivity index is 1.61. The summed E-state index contributed by atoms with van der Waals surface area (Å²) in [5.41, 5.74) is 3.55. The Labute approximate surface area is 150 Å². The van der Waals surface area contributed by atoms with Gasteiger partial charge in [-0.25, -0.2) is 4.98 Å². The summed E-state index contributed by atoms with van der Waals surface area (Å²) in [6.45, 7) is 6.67. The van der Waals surface area contributed by atoms with E-state index in [2.05, 4.69) is 53.3 Å². The number of aromatic nitrogens is 1. The Morgan fingerprint density at radius 2 is 2.00 bits per heavy atom. The molecule has 0 saturated carbocycles. The zero-order chi connectivity index (χ0) is 17.6. The summed E-state index contributed by atoms with van der Waals surface area (Å²) >= 11 is 0. The highest BCUT2D eigenvalue weighted by Gasteiger charge is 2.25. The van der Waals surface area contributed by atoms with Crippen LogP contribution in [0.4, 0.5) is 5.82 Å². The van der Waals surface area contributed by atoms with Crippen LogP contribution in [0.5, 0.6) is 0 Å². The standard InChI is InChI=1S/C21H27N3O/c1-3-24(4-2)20-13-12-16(14-22-20)15-23-21(25)19-11-7-9-17-8-5-6-10-18(17)19/h5-6,8,10,12-14,19H,3-4,7,9,11,15H2,1-2H3,(H,23,25)/t19-/m0/s1. The van der Waals surface area contributed by atoms with Crippen molar-refractivity contribution < 1.29 is 4.79 Å². The third kappa shape index (κ3) is 4.01. The van der Waals surface area contributed by atoms with Crippen molar-refractivity contribution >= 4 is 11.7 Å². The van der Waals surface area contributed by atoms with Gasteiger partial charge in [-0.05, 0) is 55.9 Å². The Kier molecular flexibility index (Phi) is 5.69. The van der Waals surface area contributed by atoms with Gasteiger partial charge in [-0.1, -0.05) is 30.3 Å². The minimum Gasteiger partial charge on any atom is -0.357 e. The molecule has 1 aliphatic carbocycles. The molecule has 1 amide bonds. The zero-order valence-electron chi connectivity index (χ0n) is 15.2. The fraction of sp³-hybridized carbons (Fsp3) is 0.429. The Hall–Kier alpha value is -2.36. The maximum atomic E-state index is 12.7. The third-order valence-electron chi connectivity index (χ3n) is 5.05. The van der Waals surface area contributed by atoms with Crippen LogP contribution < -0.4 is 10.2 Å². The molecule has 1 aromatic carbocycles. The van der Waals surface area contributed by atoms with Crippen LogP contribution in [0.2, 0.25) is 0 Å². The normalized spacial score (nSPS) is 16.2. The van der Waals surface area contributed by atoms with Gasteiger partial charge in [0, 0.05) is 25.8 Å². The van der Waals surface area contributed by atoms with E-state index in [1.165, 1.54) is 11.1 Å². The van der Waals surface area contributed by atoms with Crippen molar-refractivity contribution in [1.29, 1.82) is 0 Å². The summed E-state index contributed by atoms with van der Waals surface area (Å²) in [5.74, 6) is 1.09. The number of anilines is 1. The number of amides is 1. The van der Waals surface area contributed by atoms with E-state index in [1.807, 2.05) is 18.3 Å². The first-order chi connectivity index (χ1) is 12.2. The Morgan fingerprint density at radius 3 is 2.72 bits per heavy atom. The van der Waals surface area contributed by atoms with Crippen LogP contribution >= 0.6 is 0 Å². The van der Waals surface area contributed by atoms with Gasteiger partial charge in [0.25, 0.3) is 0 Å². The first-order valence-corrected chi connectivity index (χ1v) is 9.28. The van der Waals surface area contributed by atoms with Crippen molar-refractivity contribution in [3.05, 3.63) is 59.3 Å². The van der Waals surface area contributed by atoms with Gasteiger partial charge >= 0.3 is 0 Å². The van der Waals surface area contributed by atoms with E-state index in [9.17, 15) is 4.79 Å². The second-order valence-electron chi connectivity index (χ2n) is 6.56. The molecule has 0 radical (unpaired) electrons. The average Bonchev–Trinajstić information content (AvgIpc) is 2.67. The fourth-order valence-electron chi connectivity index (χ4n) is 3.59. The van der Waals surface area contributed by atoms with Gasteiger partial charge in [-0.2, -0.15) is 0 Å². The van der Waals surface area contributed by atoms with Crippen LogP contribution in [0.3, 0.4) is 0 Å². The van der Waals surface area contributed by atoms with Crippen LogP contribution in [0.25, 0.3) is 0 Å². The van der Waals surface area contributed by atoms with Gasteiger partial charge in [0.2, 0.25) is 5.91 Å². The second-order valence-corrected chi connectivity index (χ2v) is 6.56. The number of rotatable bonds is 6. The highest BCUT2D eigenvalue weighted by molar-refractivity contribution is 5.84. The molecule has 0 saturated heterocycles. The molecule has 1 atom stereocenters. The lowest BCUT2D eigenvalue weighted by Crippen LogP contribution is -2.31. The topological polar surface area (TPSA) is 45.2 Å². The lowest BCUT2D eigenvalue weighted by molar-refractivity contribution is -0.123. The van der Waals surface area contributed by atoms with E-state index in [0.29, 0.717) is 6.54 Å². The number of carbonyl (C=O) groups is 1. The average molecular weight is 337 g/mol. The van der Waals surface area contributed by atoms with Gasteiger partial charge in [-0.15, -0.1) is 0 Å². The van der Waals surface area contributed by atoms with E-state index in [0.717, 1.165) is 43.7 Å². The van der Waals surface area contributed by atoms with Crippen LogP contribution in [-0.2, 0) is 17.8 Å². The molecule has 25 heavy (non-hydrogen) atoms. The number of aryl methyl sites for hydroxylation is 1. The number of benzene rings is 1. The number of carbonyl (C=O) groups excluding carboxylic acids is 1. The number of nitrogens with one attached hydrogen (secondary N) is 1. The molecule has 2 aromatic rings. The highest BCUT2D eigenvalue weighted by atomic mass is 16.1. The van der Waals surface area contributed by atoms with Crippen molar-refractivity contribution in [1.82, 2.24) is 10.3 Å². The molecule has 132 valence electrons. The predicted octanol–water partition coefficient (Wildman–Crippen LogP) is 3.66. The number of hydrogen-bond donors (Lipinski definition) is 1. The zero-order valence-corrected chi connectivity index (χ0v) is 15.2. The molecule has 0 unspecified atom stereocenters. The number of fused-ring (bicyclic) bond motifs is 1. The van der Waals surface area contributed by atoms with E-state index in [-0.39, 0.29) is 11.8 Å². The van der Waals surface area contributed by atoms with Crippen molar-refractivity contribution in [3.8, 4) is 0 Å². The van der Waals surface area contributed by atoms with Crippen molar-refractivity contribution in [2.24, 2.45) is 0 Å². The molecule has 4 heteroatoms. The van der Waals surface area contributed by atoms with Crippen molar-refractivity contribution in [2.45, 2.75) is 45.6 Å².